The second-order valence-corrected chi connectivity index (χ2v) is 5.47. The SMILES string of the molecule is C[C@H](NC(=O)Cc1csc(NC(=O)[C@H](C)NC(=O)O)n1)C(=O)O. The number of rotatable bonds is 7. The van der Waals surface area contributed by atoms with Gasteiger partial charge in [0.2, 0.25) is 11.8 Å². The highest BCUT2D eigenvalue weighted by Crippen LogP contribution is 2.16. The quantitative estimate of drug-likeness (QED) is 0.461. The summed E-state index contributed by atoms with van der Waals surface area (Å²) in [4.78, 5) is 48.4. The van der Waals surface area contributed by atoms with E-state index in [2.05, 4.69) is 15.6 Å². The van der Waals surface area contributed by atoms with Gasteiger partial charge >= 0.3 is 12.1 Å². The number of aromatic nitrogens is 1. The Balaban J connectivity index is 2.54. The van der Waals surface area contributed by atoms with Crippen molar-refractivity contribution in [1.29, 1.82) is 0 Å². The summed E-state index contributed by atoms with van der Waals surface area (Å²) in [5.41, 5.74) is 0.360. The number of hydrogen-bond donors (Lipinski definition) is 5. The highest BCUT2D eigenvalue weighted by molar-refractivity contribution is 7.13. The molecule has 0 spiro atoms. The number of thiazole rings is 1. The second kappa shape index (κ2) is 8.08. The first kappa shape index (κ1) is 18.4. The topological polar surface area (TPSA) is 158 Å². The Kier molecular flexibility index (Phi) is 6.45. The number of nitrogens with one attached hydrogen (secondary N) is 3. The number of hydrogen-bond acceptors (Lipinski definition) is 6. The minimum Gasteiger partial charge on any atom is -0.480 e. The van der Waals surface area contributed by atoms with Crippen LogP contribution in [0.15, 0.2) is 5.38 Å². The summed E-state index contributed by atoms with van der Waals surface area (Å²) in [5, 5.41) is 25.7. The molecule has 11 heteroatoms. The van der Waals surface area contributed by atoms with Gasteiger partial charge in [0, 0.05) is 5.38 Å². The molecule has 1 aromatic rings. The van der Waals surface area contributed by atoms with Crippen molar-refractivity contribution in [3.8, 4) is 0 Å². The van der Waals surface area contributed by atoms with E-state index in [0.717, 1.165) is 11.3 Å². The van der Waals surface area contributed by atoms with Crippen molar-refractivity contribution in [3.05, 3.63) is 11.1 Å². The van der Waals surface area contributed by atoms with Gasteiger partial charge in [-0.3, -0.25) is 14.4 Å². The first-order valence-electron chi connectivity index (χ1n) is 6.46. The molecule has 1 rings (SSSR count). The van der Waals surface area contributed by atoms with Crippen LogP contribution in [0.25, 0.3) is 0 Å². The zero-order valence-corrected chi connectivity index (χ0v) is 13.1. The maximum atomic E-state index is 11.7. The Morgan fingerprint density at radius 2 is 1.83 bits per heavy atom. The van der Waals surface area contributed by atoms with E-state index >= 15 is 0 Å². The first-order chi connectivity index (χ1) is 10.7. The lowest BCUT2D eigenvalue weighted by atomic mass is 10.3. The highest BCUT2D eigenvalue weighted by Gasteiger charge is 2.18. The lowest BCUT2D eigenvalue weighted by Crippen LogP contribution is -2.40. The number of amides is 3. The molecule has 126 valence electrons. The molecule has 0 fully saturated rings. The Hall–Kier alpha value is -2.69. The molecule has 1 heterocycles. The minimum atomic E-state index is -1.32. The van der Waals surface area contributed by atoms with Gasteiger partial charge < -0.3 is 26.2 Å². The van der Waals surface area contributed by atoms with Crippen LogP contribution < -0.4 is 16.0 Å². The molecule has 0 aromatic carbocycles. The fraction of sp³-hybridized carbons (Fsp3) is 0.417. The van der Waals surface area contributed by atoms with Crippen LogP contribution in [0.4, 0.5) is 9.93 Å². The lowest BCUT2D eigenvalue weighted by molar-refractivity contribution is -0.141. The molecule has 0 aliphatic heterocycles. The number of carbonyl (C=O) groups is 4. The van der Waals surface area contributed by atoms with Gasteiger partial charge in [-0.1, -0.05) is 0 Å². The van der Waals surface area contributed by atoms with E-state index in [1.54, 1.807) is 0 Å². The van der Waals surface area contributed by atoms with Crippen LogP contribution in [0.5, 0.6) is 0 Å². The number of carbonyl (C=O) groups excluding carboxylic acids is 2. The molecule has 23 heavy (non-hydrogen) atoms. The van der Waals surface area contributed by atoms with Crippen molar-refractivity contribution in [2.75, 3.05) is 5.32 Å². The number of anilines is 1. The summed E-state index contributed by atoms with van der Waals surface area (Å²) < 4.78 is 0. The Morgan fingerprint density at radius 1 is 1.17 bits per heavy atom. The predicted molar refractivity (Wildman–Crippen MR) is 80.3 cm³/mol. The van der Waals surface area contributed by atoms with Crippen LogP contribution in [0.1, 0.15) is 19.5 Å². The lowest BCUT2D eigenvalue weighted by Gasteiger charge is -2.09. The van der Waals surface area contributed by atoms with Crippen molar-refractivity contribution in [3.63, 3.8) is 0 Å². The normalized spacial score (nSPS) is 12.8. The molecule has 3 amide bonds. The molecule has 0 bridgehead atoms. The predicted octanol–water partition coefficient (Wildman–Crippen LogP) is -0.130. The third-order valence-corrected chi connectivity index (χ3v) is 3.41. The van der Waals surface area contributed by atoms with E-state index < -0.39 is 36.0 Å². The van der Waals surface area contributed by atoms with E-state index in [0.29, 0.717) is 5.69 Å². The fourth-order valence-corrected chi connectivity index (χ4v) is 2.14. The average molecular weight is 344 g/mol. The van der Waals surface area contributed by atoms with Crippen LogP contribution in [-0.4, -0.2) is 51.2 Å². The van der Waals surface area contributed by atoms with E-state index in [9.17, 15) is 19.2 Å². The maximum Gasteiger partial charge on any atom is 0.405 e. The second-order valence-electron chi connectivity index (χ2n) is 4.61. The highest BCUT2D eigenvalue weighted by atomic mass is 32.1. The average Bonchev–Trinajstić information content (AvgIpc) is 2.84. The molecule has 10 nitrogen and oxygen atoms in total. The van der Waals surface area contributed by atoms with Crippen LogP contribution in [0.2, 0.25) is 0 Å². The van der Waals surface area contributed by atoms with Crippen molar-refractivity contribution < 1.29 is 29.4 Å². The molecular weight excluding hydrogens is 328 g/mol. The minimum absolute atomic E-state index is 0.132. The molecule has 0 radical (unpaired) electrons. The van der Waals surface area contributed by atoms with Crippen molar-refractivity contribution in [2.45, 2.75) is 32.4 Å². The van der Waals surface area contributed by atoms with E-state index in [1.807, 2.05) is 5.32 Å². The molecule has 0 saturated carbocycles. The number of aliphatic carboxylic acids is 1. The summed E-state index contributed by atoms with van der Waals surface area (Å²) in [6.07, 6.45) is -1.45. The van der Waals surface area contributed by atoms with Gasteiger partial charge in [-0.25, -0.2) is 9.78 Å². The van der Waals surface area contributed by atoms with Crippen molar-refractivity contribution in [2.24, 2.45) is 0 Å². The summed E-state index contributed by atoms with van der Waals surface area (Å²) in [6, 6.07) is -1.97. The van der Waals surface area contributed by atoms with Crippen LogP contribution in [0.3, 0.4) is 0 Å². The fourth-order valence-electron chi connectivity index (χ4n) is 1.43. The van der Waals surface area contributed by atoms with Gasteiger partial charge in [-0.15, -0.1) is 11.3 Å². The maximum absolute atomic E-state index is 11.7. The number of carboxylic acids is 1. The molecular formula is C12H16N4O6S. The summed E-state index contributed by atoms with van der Waals surface area (Å²) in [5.74, 6) is -2.24. The Labute approximate surface area is 134 Å². The molecule has 1 aromatic heterocycles. The van der Waals surface area contributed by atoms with Gasteiger partial charge in [-0.05, 0) is 13.8 Å². The zero-order chi connectivity index (χ0) is 17.6. The summed E-state index contributed by atoms with van der Waals surface area (Å²) >= 11 is 1.07. The van der Waals surface area contributed by atoms with Crippen LogP contribution in [0, 0.1) is 0 Å². The van der Waals surface area contributed by atoms with Gasteiger partial charge in [0.15, 0.2) is 5.13 Å². The molecule has 0 aliphatic rings. The monoisotopic (exact) mass is 344 g/mol. The van der Waals surface area contributed by atoms with Gasteiger partial charge in [0.05, 0.1) is 12.1 Å². The van der Waals surface area contributed by atoms with Crippen molar-refractivity contribution >= 4 is 40.3 Å². The van der Waals surface area contributed by atoms with E-state index in [-0.39, 0.29) is 11.6 Å². The Bertz CT molecular complexity index is 616. The molecule has 0 aliphatic carbocycles. The summed E-state index contributed by atoms with van der Waals surface area (Å²) in [6.45, 7) is 2.71. The first-order valence-corrected chi connectivity index (χ1v) is 7.34. The third kappa shape index (κ3) is 6.30. The number of nitrogens with zero attached hydrogens (tertiary/aromatic N) is 1. The smallest absolute Gasteiger partial charge is 0.405 e. The van der Waals surface area contributed by atoms with Gasteiger partial charge in [0.25, 0.3) is 0 Å². The van der Waals surface area contributed by atoms with Crippen molar-refractivity contribution in [1.82, 2.24) is 15.6 Å². The summed E-state index contributed by atoms with van der Waals surface area (Å²) in [7, 11) is 0. The Morgan fingerprint density at radius 3 is 2.39 bits per heavy atom. The molecule has 0 saturated heterocycles. The van der Waals surface area contributed by atoms with Crippen LogP contribution >= 0.6 is 11.3 Å². The third-order valence-electron chi connectivity index (χ3n) is 2.60. The van der Waals surface area contributed by atoms with E-state index in [1.165, 1.54) is 19.2 Å². The molecule has 2 atom stereocenters. The zero-order valence-electron chi connectivity index (χ0n) is 12.3. The largest absolute Gasteiger partial charge is 0.480 e. The van der Waals surface area contributed by atoms with Gasteiger partial charge in [0.1, 0.15) is 12.1 Å². The molecule has 0 unspecified atom stereocenters. The van der Waals surface area contributed by atoms with E-state index in [4.69, 9.17) is 10.2 Å². The van der Waals surface area contributed by atoms with Crippen LogP contribution in [-0.2, 0) is 20.8 Å². The molecule has 5 N–H and O–H groups in total. The standard InChI is InChI=1S/C12H16N4O6S/c1-5(14-12(21)22)9(18)16-11-15-7(4-23-11)3-8(17)13-6(2)10(19)20/h4-6,14H,3H2,1-2H3,(H,13,17)(H,19,20)(H,21,22)(H,15,16,18)/t5-,6-/m0/s1. The number of carboxylic acid groups (broad SMARTS) is 2. The van der Waals surface area contributed by atoms with Gasteiger partial charge in [-0.2, -0.15) is 0 Å².